The van der Waals surface area contributed by atoms with Crippen LogP contribution < -0.4 is 11.1 Å². The van der Waals surface area contributed by atoms with Crippen molar-refractivity contribution in [3.63, 3.8) is 0 Å². The molecule has 1 aliphatic carbocycles. The van der Waals surface area contributed by atoms with Crippen molar-refractivity contribution in [2.24, 2.45) is 0 Å². The Morgan fingerprint density at radius 2 is 1.94 bits per heavy atom. The number of nitrogens with zero attached hydrogens (tertiary/aromatic N) is 5. The van der Waals surface area contributed by atoms with Gasteiger partial charge in [0.1, 0.15) is 11.6 Å². The molecule has 1 fully saturated rings. The maximum atomic E-state index is 15.3. The highest BCUT2D eigenvalue weighted by Gasteiger charge is 2.34. The van der Waals surface area contributed by atoms with E-state index < -0.39 is 0 Å². The van der Waals surface area contributed by atoms with Crippen molar-refractivity contribution in [3.8, 4) is 5.82 Å². The van der Waals surface area contributed by atoms with Gasteiger partial charge in [0, 0.05) is 31.9 Å². The molecule has 0 aliphatic heterocycles. The van der Waals surface area contributed by atoms with Gasteiger partial charge in [-0.05, 0) is 42.7 Å². The van der Waals surface area contributed by atoms with Gasteiger partial charge in [-0.1, -0.05) is 18.2 Å². The number of fused-ring (bicyclic) bond motifs is 1. The molecule has 3 heterocycles. The third-order valence-electron chi connectivity index (χ3n) is 5.70. The van der Waals surface area contributed by atoms with E-state index in [0.29, 0.717) is 40.7 Å². The van der Waals surface area contributed by atoms with Crippen molar-refractivity contribution in [3.05, 3.63) is 65.7 Å². The first kappa shape index (κ1) is 20.9. The van der Waals surface area contributed by atoms with Crippen LogP contribution in [0.25, 0.3) is 16.9 Å². The molecule has 1 saturated carbocycles. The van der Waals surface area contributed by atoms with Gasteiger partial charge in [-0.25, -0.2) is 14.4 Å². The molecule has 5 rings (SSSR count). The summed E-state index contributed by atoms with van der Waals surface area (Å²) in [5, 5.41) is 3.52. The molecule has 0 bridgehead atoms. The van der Waals surface area contributed by atoms with Gasteiger partial charge in [0.15, 0.2) is 11.5 Å². The number of anilines is 3. The van der Waals surface area contributed by atoms with E-state index in [9.17, 15) is 4.79 Å². The molecule has 1 aliphatic rings. The van der Waals surface area contributed by atoms with Crippen molar-refractivity contribution >= 4 is 34.4 Å². The minimum absolute atomic E-state index is 0.0360. The van der Waals surface area contributed by atoms with E-state index in [1.165, 1.54) is 6.20 Å². The largest absolute Gasteiger partial charge is 0.384 e. The minimum atomic E-state index is -0.307. The van der Waals surface area contributed by atoms with Crippen LogP contribution in [0.5, 0.6) is 0 Å². The number of nitrogen functional groups attached to an aromatic ring is 1. The molecule has 1 aromatic carbocycles. The topological polar surface area (TPSA) is 102 Å². The highest BCUT2D eigenvalue weighted by atomic mass is 19.1. The van der Waals surface area contributed by atoms with Crippen LogP contribution in [0.1, 0.15) is 30.0 Å². The molecule has 3 aromatic heterocycles. The van der Waals surface area contributed by atoms with E-state index >= 15 is 4.39 Å². The summed E-state index contributed by atoms with van der Waals surface area (Å²) >= 11 is 0. The molecule has 0 spiro atoms. The van der Waals surface area contributed by atoms with Crippen molar-refractivity contribution in [1.82, 2.24) is 24.4 Å². The van der Waals surface area contributed by atoms with Crippen LogP contribution in [0, 0.1) is 5.82 Å². The molecular formula is C24H24FN7O. The first-order valence-electron chi connectivity index (χ1n) is 10.8. The summed E-state index contributed by atoms with van der Waals surface area (Å²) in [6.07, 6.45) is 3.69. The van der Waals surface area contributed by atoms with Crippen LogP contribution in [-0.4, -0.2) is 44.4 Å². The maximum Gasteiger partial charge on any atom is 0.229 e. The second-order valence-corrected chi connectivity index (χ2v) is 8.45. The Bertz CT molecular complexity index is 1340. The number of aromatic nitrogens is 4. The van der Waals surface area contributed by atoms with Crippen LogP contribution in [-0.2, 0) is 11.2 Å². The number of nitrogens with two attached hydrogens (primary N) is 1. The molecule has 1 amide bonds. The standard InChI is InChI=1S/C24H24FN7O/c1-31(2)20(33)12-14-6-10-16(11-7-14)28-24-27-13-17-21(25)22(15-8-9-15)32(23(17)30-24)19-5-3-4-18(26)29-19/h3-7,10-11,13,15H,8-9,12H2,1-2H3,(H2,26,29)(H,27,28,30). The van der Waals surface area contributed by atoms with Gasteiger partial charge in [-0.15, -0.1) is 0 Å². The number of likely N-dealkylation sites (N-methyl/N-ethyl adjacent to an activating group) is 1. The van der Waals surface area contributed by atoms with Gasteiger partial charge in [-0.2, -0.15) is 4.98 Å². The quantitative estimate of drug-likeness (QED) is 0.468. The van der Waals surface area contributed by atoms with E-state index in [-0.39, 0.29) is 17.6 Å². The lowest BCUT2D eigenvalue weighted by Crippen LogP contribution is -2.23. The van der Waals surface area contributed by atoms with Gasteiger partial charge in [0.2, 0.25) is 11.9 Å². The lowest BCUT2D eigenvalue weighted by atomic mass is 10.1. The zero-order valence-electron chi connectivity index (χ0n) is 18.4. The summed E-state index contributed by atoms with van der Waals surface area (Å²) in [6, 6.07) is 12.8. The summed E-state index contributed by atoms with van der Waals surface area (Å²) in [7, 11) is 3.47. The Balaban J connectivity index is 1.49. The molecular weight excluding hydrogens is 421 g/mol. The third-order valence-corrected chi connectivity index (χ3v) is 5.70. The van der Waals surface area contributed by atoms with Crippen LogP contribution in [0.4, 0.5) is 21.8 Å². The molecule has 0 radical (unpaired) electrons. The molecule has 3 N–H and O–H groups in total. The Morgan fingerprint density at radius 3 is 2.61 bits per heavy atom. The monoisotopic (exact) mass is 445 g/mol. The van der Waals surface area contributed by atoms with Crippen molar-refractivity contribution in [1.29, 1.82) is 0 Å². The fourth-order valence-electron chi connectivity index (χ4n) is 3.79. The van der Waals surface area contributed by atoms with Gasteiger partial charge >= 0.3 is 0 Å². The Morgan fingerprint density at radius 1 is 1.18 bits per heavy atom. The fraction of sp³-hybridized carbons (Fsp3) is 0.250. The van der Waals surface area contributed by atoms with Crippen molar-refractivity contribution < 1.29 is 9.18 Å². The van der Waals surface area contributed by atoms with Crippen LogP contribution in [0.2, 0.25) is 0 Å². The second kappa shape index (κ2) is 8.16. The predicted octanol–water partition coefficient (Wildman–Crippen LogP) is 3.79. The van der Waals surface area contributed by atoms with Crippen LogP contribution in [0.3, 0.4) is 0 Å². The zero-order chi connectivity index (χ0) is 23.1. The van der Waals surface area contributed by atoms with Crippen LogP contribution >= 0.6 is 0 Å². The summed E-state index contributed by atoms with van der Waals surface area (Å²) < 4.78 is 17.1. The summed E-state index contributed by atoms with van der Waals surface area (Å²) in [4.78, 5) is 26.8. The molecule has 8 nitrogen and oxygen atoms in total. The second-order valence-electron chi connectivity index (χ2n) is 8.45. The SMILES string of the molecule is CN(C)C(=O)Cc1ccc(Nc2ncc3c(F)c(C4CC4)n(-c4cccc(N)n4)c3n2)cc1. The number of amides is 1. The number of rotatable bonds is 6. The lowest BCUT2D eigenvalue weighted by Gasteiger charge is -2.11. The van der Waals surface area contributed by atoms with E-state index in [1.807, 2.05) is 24.3 Å². The normalized spacial score (nSPS) is 13.3. The third kappa shape index (κ3) is 4.09. The van der Waals surface area contributed by atoms with Crippen molar-refractivity contribution in [2.75, 3.05) is 25.1 Å². The van der Waals surface area contributed by atoms with Crippen LogP contribution in [0.15, 0.2) is 48.7 Å². The molecule has 4 aromatic rings. The van der Waals surface area contributed by atoms with Gasteiger partial charge in [0.25, 0.3) is 0 Å². The number of nitrogens with one attached hydrogen (secondary N) is 1. The molecule has 9 heteroatoms. The van der Waals surface area contributed by atoms with E-state index in [0.717, 1.165) is 24.1 Å². The minimum Gasteiger partial charge on any atom is -0.384 e. The Hall–Kier alpha value is -4.01. The van der Waals surface area contributed by atoms with Gasteiger partial charge in [-0.3, -0.25) is 9.36 Å². The molecule has 0 atom stereocenters. The summed E-state index contributed by atoms with van der Waals surface area (Å²) in [5.41, 5.74) is 8.58. The zero-order valence-corrected chi connectivity index (χ0v) is 18.4. The van der Waals surface area contributed by atoms with Gasteiger partial charge < -0.3 is 16.0 Å². The molecule has 33 heavy (non-hydrogen) atoms. The highest BCUT2D eigenvalue weighted by molar-refractivity contribution is 5.81. The molecule has 0 unspecified atom stereocenters. The lowest BCUT2D eigenvalue weighted by molar-refractivity contribution is -0.127. The summed E-state index contributed by atoms with van der Waals surface area (Å²) in [5.74, 6) is 1.09. The maximum absolute atomic E-state index is 15.3. The summed E-state index contributed by atoms with van der Waals surface area (Å²) in [6.45, 7) is 0. The number of pyridine rings is 1. The average Bonchev–Trinajstić information content (AvgIpc) is 3.59. The smallest absolute Gasteiger partial charge is 0.229 e. The number of carbonyl (C=O) groups excluding carboxylic acids is 1. The molecule has 0 saturated heterocycles. The average molecular weight is 446 g/mol. The number of hydrogen-bond donors (Lipinski definition) is 2. The number of hydrogen-bond acceptors (Lipinski definition) is 6. The van der Waals surface area contributed by atoms with E-state index in [1.54, 1.807) is 41.8 Å². The number of carbonyl (C=O) groups is 1. The fourth-order valence-corrected chi connectivity index (χ4v) is 3.79. The molecule has 168 valence electrons. The van der Waals surface area contributed by atoms with Crippen molar-refractivity contribution in [2.45, 2.75) is 25.2 Å². The Kier molecular flexibility index (Phi) is 5.16. The first-order chi connectivity index (χ1) is 15.9. The highest BCUT2D eigenvalue weighted by Crippen LogP contribution is 2.45. The van der Waals surface area contributed by atoms with E-state index in [4.69, 9.17) is 5.73 Å². The first-order valence-corrected chi connectivity index (χ1v) is 10.8. The van der Waals surface area contributed by atoms with Gasteiger partial charge in [0.05, 0.1) is 17.5 Å². The van der Waals surface area contributed by atoms with E-state index in [2.05, 4.69) is 20.3 Å². The number of benzene rings is 1. The predicted molar refractivity (Wildman–Crippen MR) is 125 cm³/mol. The number of halogens is 1. The Labute approximate surface area is 190 Å².